The van der Waals surface area contributed by atoms with E-state index in [1.54, 1.807) is 0 Å². The molecular weight excluding hydrogens is 376 g/mol. The predicted octanol–water partition coefficient (Wildman–Crippen LogP) is 3.38. The first kappa shape index (κ1) is 21.8. The van der Waals surface area contributed by atoms with E-state index in [4.69, 9.17) is 5.73 Å². The van der Waals surface area contributed by atoms with Crippen LogP contribution in [-0.4, -0.2) is 22.5 Å². The fraction of sp³-hybridized carbons (Fsp3) is 0.458. The molecule has 1 saturated carbocycles. The molecule has 0 radical (unpaired) electrons. The van der Waals surface area contributed by atoms with Crippen LogP contribution in [0.4, 0.5) is 0 Å². The van der Waals surface area contributed by atoms with Gasteiger partial charge in [0.25, 0.3) is 0 Å². The monoisotopic (exact) mass is 406 g/mol. The number of nitriles is 1. The number of benzene rings is 1. The summed E-state index contributed by atoms with van der Waals surface area (Å²) in [6.45, 7) is 4.08. The van der Waals surface area contributed by atoms with Crippen molar-refractivity contribution < 1.29 is 4.79 Å². The van der Waals surface area contributed by atoms with Gasteiger partial charge < -0.3 is 16.0 Å². The molecule has 1 heterocycles. The third-order valence-corrected chi connectivity index (χ3v) is 5.89. The molecule has 1 aromatic heterocycles. The molecule has 3 rings (SSSR count). The van der Waals surface area contributed by atoms with Crippen molar-refractivity contribution in [3.63, 3.8) is 0 Å². The van der Waals surface area contributed by atoms with E-state index >= 15 is 0 Å². The molecule has 4 N–H and O–H groups in total. The summed E-state index contributed by atoms with van der Waals surface area (Å²) in [6, 6.07) is 12.8. The first-order chi connectivity index (χ1) is 14.3. The third-order valence-electron chi connectivity index (χ3n) is 5.89. The van der Waals surface area contributed by atoms with Crippen LogP contribution >= 0.6 is 0 Å². The van der Waals surface area contributed by atoms with Crippen molar-refractivity contribution in [3.05, 3.63) is 58.0 Å². The van der Waals surface area contributed by atoms with Gasteiger partial charge in [0.05, 0.1) is 11.6 Å². The molecular formula is C24H30N4O2. The van der Waals surface area contributed by atoms with Gasteiger partial charge in [-0.2, -0.15) is 5.26 Å². The van der Waals surface area contributed by atoms with Gasteiger partial charge in [0, 0.05) is 23.7 Å². The molecule has 6 nitrogen and oxygen atoms in total. The molecule has 1 fully saturated rings. The Morgan fingerprint density at radius 1 is 1.17 bits per heavy atom. The Morgan fingerprint density at radius 2 is 1.83 bits per heavy atom. The maximum Gasteiger partial charge on any atom is 0.248 e. The van der Waals surface area contributed by atoms with Crippen LogP contribution in [0.2, 0.25) is 0 Å². The summed E-state index contributed by atoms with van der Waals surface area (Å²) in [4.78, 5) is 27.2. The van der Waals surface area contributed by atoms with Gasteiger partial charge >= 0.3 is 0 Å². The van der Waals surface area contributed by atoms with Gasteiger partial charge in [-0.15, -0.1) is 0 Å². The van der Waals surface area contributed by atoms with Gasteiger partial charge in [-0.3, -0.25) is 9.59 Å². The Bertz CT molecular complexity index is 980. The SMILES string of the molecule is CC(C)c1[nH]c(=O)ccc1-c1ccc(CC(C#N)NC(=O)C2(N)CCCCC2)cc1. The van der Waals surface area contributed by atoms with E-state index in [2.05, 4.69) is 16.4 Å². The Labute approximate surface area is 177 Å². The number of aromatic amines is 1. The molecule has 1 aliphatic rings. The second-order valence-electron chi connectivity index (χ2n) is 8.58. The molecule has 0 aliphatic heterocycles. The fourth-order valence-electron chi connectivity index (χ4n) is 4.09. The highest BCUT2D eigenvalue weighted by Gasteiger charge is 2.36. The lowest BCUT2D eigenvalue weighted by atomic mass is 9.81. The lowest BCUT2D eigenvalue weighted by Crippen LogP contribution is -2.57. The van der Waals surface area contributed by atoms with E-state index in [9.17, 15) is 14.9 Å². The molecule has 6 heteroatoms. The fourth-order valence-corrected chi connectivity index (χ4v) is 4.09. The van der Waals surface area contributed by atoms with Crippen LogP contribution in [0.1, 0.15) is 63.1 Å². The number of pyridine rings is 1. The Hall–Kier alpha value is -2.91. The zero-order valence-electron chi connectivity index (χ0n) is 17.7. The van der Waals surface area contributed by atoms with Gasteiger partial charge in [-0.05, 0) is 36.0 Å². The van der Waals surface area contributed by atoms with Crippen LogP contribution in [0.15, 0.2) is 41.2 Å². The zero-order valence-corrected chi connectivity index (χ0v) is 17.7. The number of nitrogens with one attached hydrogen (secondary N) is 2. The average molecular weight is 407 g/mol. The number of aromatic nitrogens is 1. The van der Waals surface area contributed by atoms with Crippen LogP contribution < -0.4 is 16.6 Å². The Kier molecular flexibility index (Phi) is 6.73. The number of hydrogen-bond acceptors (Lipinski definition) is 4. The molecule has 0 spiro atoms. The van der Waals surface area contributed by atoms with Crippen molar-refractivity contribution in [1.82, 2.24) is 10.3 Å². The van der Waals surface area contributed by atoms with E-state index in [1.165, 1.54) is 6.07 Å². The van der Waals surface area contributed by atoms with E-state index in [1.807, 2.05) is 44.2 Å². The topological polar surface area (TPSA) is 112 Å². The van der Waals surface area contributed by atoms with Gasteiger partial charge in [-0.1, -0.05) is 57.4 Å². The molecule has 30 heavy (non-hydrogen) atoms. The van der Waals surface area contributed by atoms with Gasteiger partial charge in [0.1, 0.15) is 6.04 Å². The summed E-state index contributed by atoms with van der Waals surface area (Å²) in [7, 11) is 0. The van der Waals surface area contributed by atoms with Crippen LogP contribution in [0.25, 0.3) is 11.1 Å². The third kappa shape index (κ3) is 4.98. The van der Waals surface area contributed by atoms with Crippen LogP contribution in [0.3, 0.4) is 0 Å². The van der Waals surface area contributed by atoms with Crippen molar-refractivity contribution in [1.29, 1.82) is 5.26 Å². The van der Waals surface area contributed by atoms with Crippen molar-refractivity contribution in [2.45, 2.75) is 69.9 Å². The standard InChI is InChI=1S/C24H30N4O2/c1-16(2)22-20(10-11-21(29)28-22)18-8-6-17(7-9-18)14-19(15-25)27-23(30)24(26)12-4-3-5-13-24/h6-11,16,19H,3-5,12-14,26H2,1-2H3,(H,27,30)(H,28,29). The highest BCUT2D eigenvalue weighted by atomic mass is 16.2. The van der Waals surface area contributed by atoms with Gasteiger partial charge in [-0.25, -0.2) is 0 Å². The molecule has 1 amide bonds. The van der Waals surface area contributed by atoms with E-state index in [0.717, 1.165) is 41.6 Å². The minimum atomic E-state index is -0.852. The van der Waals surface area contributed by atoms with E-state index in [-0.39, 0.29) is 17.4 Å². The van der Waals surface area contributed by atoms with Crippen molar-refractivity contribution in [2.24, 2.45) is 5.73 Å². The smallest absolute Gasteiger partial charge is 0.248 e. The lowest BCUT2D eigenvalue weighted by Gasteiger charge is -2.32. The van der Waals surface area contributed by atoms with Crippen molar-refractivity contribution in [3.8, 4) is 17.2 Å². The quantitative estimate of drug-likeness (QED) is 0.683. The summed E-state index contributed by atoms with van der Waals surface area (Å²) >= 11 is 0. The number of carbonyl (C=O) groups excluding carboxylic acids is 1. The highest BCUT2D eigenvalue weighted by molar-refractivity contribution is 5.86. The molecule has 0 saturated heterocycles. The average Bonchev–Trinajstić information content (AvgIpc) is 2.74. The molecule has 2 aromatic rings. The van der Waals surface area contributed by atoms with Crippen LogP contribution in [-0.2, 0) is 11.2 Å². The highest BCUT2D eigenvalue weighted by Crippen LogP contribution is 2.28. The van der Waals surface area contributed by atoms with E-state index in [0.29, 0.717) is 19.3 Å². The van der Waals surface area contributed by atoms with E-state index < -0.39 is 11.6 Å². The summed E-state index contributed by atoms with van der Waals surface area (Å²) < 4.78 is 0. The second kappa shape index (κ2) is 9.27. The Balaban J connectivity index is 1.71. The van der Waals surface area contributed by atoms with Gasteiger partial charge in [0.15, 0.2) is 0 Å². The normalized spacial score (nSPS) is 16.6. The van der Waals surface area contributed by atoms with Crippen molar-refractivity contribution >= 4 is 5.91 Å². The summed E-state index contributed by atoms with van der Waals surface area (Å²) in [5, 5.41) is 12.4. The minimum Gasteiger partial charge on any atom is -0.338 e. The molecule has 1 aromatic carbocycles. The predicted molar refractivity (Wildman–Crippen MR) is 118 cm³/mol. The first-order valence-corrected chi connectivity index (χ1v) is 10.6. The molecule has 158 valence electrons. The minimum absolute atomic E-state index is 0.109. The second-order valence-corrected chi connectivity index (χ2v) is 8.58. The number of hydrogen-bond donors (Lipinski definition) is 3. The van der Waals surface area contributed by atoms with Crippen LogP contribution in [0.5, 0.6) is 0 Å². The number of nitrogens with zero attached hydrogens (tertiary/aromatic N) is 1. The largest absolute Gasteiger partial charge is 0.338 e. The molecule has 1 aliphatic carbocycles. The summed E-state index contributed by atoms with van der Waals surface area (Å²) in [5.74, 6) is -0.0321. The molecule has 0 bridgehead atoms. The number of H-pyrrole nitrogens is 1. The Morgan fingerprint density at radius 3 is 2.43 bits per heavy atom. The number of rotatable bonds is 6. The summed E-state index contributed by atoms with van der Waals surface area (Å²) in [5.41, 5.74) is 9.17. The lowest BCUT2D eigenvalue weighted by molar-refractivity contribution is -0.127. The number of carbonyl (C=O) groups is 1. The molecule has 1 atom stereocenters. The maximum atomic E-state index is 12.6. The van der Waals surface area contributed by atoms with Crippen molar-refractivity contribution in [2.75, 3.05) is 0 Å². The number of nitrogens with two attached hydrogens (primary N) is 1. The van der Waals surface area contributed by atoms with Gasteiger partial charge in [0.2, 0.25) is 11.5 Å². The summed E-state index contributed by atoms with van der Waals surface area (Å²) in [6.07, 6.45) is 4.76. The zero-order chi connectivity index (χ0) is 21.7. The number of amides is 1. The maximum absolute atomic E-state index is 12.6. The van der Waals surface area contributed by atoms with Crippen LogP contribution in [0, 0.1) is 11.3 Å². The molecule has 1 unspecified atom stereocenters. The first-order valence-electron chi connectivity index (χ1n) is 10.6.